The SMILES string of the molecule is C=CCOCC12CCCOC1CCN(C(=O)c1cccc(C)n1)C2. The molecule has 2 aliphatic heterocycles. The van der Waals surface area contributed by atoms with Crippen LogP contribution in [0.2, 0.25) is 0 Å². The van der Waals surface area contributed by atoms with E-state index in [0.29, 0.717) is 32.0 Å². The topological polar surface area (TPSA) is 51.7 Å². The van der Waals surface area contributed by atoms with Crippen molar-refractivity contribution >= 4 is 5.91 Å². The maximum atomic E-state index is 12.9. The molecule has 2 atom stereocenters. The summed E-state index contributed by atoms with van der Waals surface area (Å²) >= 11 is 0. The number of carbonyl (C=O) groups is 1. The van der Waals surface area contributed by atoms with Crippen LogP contribution in [-0.2, 0) is 9.47 Å². The molecule has 1 amide bonds. The Balaban J connectivity index is 1.76. The average molecular weight is 330 g/mol. The van der Waals surface area contributed by atoms with Crippen molar-refractivity contribution < 1.29 is 14.3 Å². The van der Waals surface area contributed by atoms with Gasteiger partial charge in [-0.05, 0) is 38.3 Å². The van der Waals surface area contributed by atoms with Gasteiger partial charge in [-0.1, -0.05) is 12.1 Å². The lowest BCUT2D eigenvalue weighted by atomic mass is 9.73. The Labute approximate surface area is 143 Å². The van der Waals surface area contributed by atoms with E-state index in [2.05, 4.69) is 11.6 Å². The highest BCUT2D eigenvalue weighted by Crippen LogP contribution is 2.40. The fourth-order valence-corrected chi connectivity index (χ4v) is 3.84. The van der Waals surface area contributed by atoms with E-state index in [1.54, 1.807) is 12.1 Å². The number of aromatic nitrogens is 1. The van der Waals surface area contributed by atoms with Crippen LogP contribution in [0.15, 0.2) is 30.9 Å². The van der Waals surface area contributed by atoms with E-state index in [1.807, 2.05) is 24.0 Å². The van der Waals surface area contributed by atoms with Gasteiger partial charge in [-0.25, -0.2) is 4.98 Å². The van der Waals surface area contributed by atoms with Gasteiger partial charge in [0.2, 0.25) is 0 Å². The van der Waals surface area contributed by atoms with Crippen molar-refractivity contribution in [1.82, 2.24) is 9.88 Å². The number of hydrogen-bond acceptors (Lipinski definition) is 4. The molecule has 0 N–H and O–H groups in total. The van der Waals surface area contributed by atoms with E-state index in [1.165, 1.54) is 0 Å². The number of amides is 1. The molecule has 5 nitrogen and oxygen atoms in total. The number of likely N-dealkylation sites (tertiary alicyclic amines) is 1. The molecule has 1 aromatic rings. The lowest BCUT2D eigenvalue weighted by Gasteiger charge is -2.50. The summed E-state index contributed by atoms with van der Waals surface area (Å²) in [5.74, 6) is 0.00539. The van der Waals surface area contributed by atoms with Crippen molar-refractivity contribution in [3.05, 3.63) is 42.2 Å². The Bertz CT molecular complexity index is 604. The van der Waals surface area contributed by atoms with Gasteiger partial charge in [0.15, 0.2) is 0 Å². The van der Waals surface area contributed by atoms with E-state index >= 15 is 0 Å². The van der Waals surface area contributed by atoms with E-state index < -0.39 is 0 Å². The van der Waals surface area contributed by atoms with E-state index in [-0.39, 0.29) is 17.4 Å². The van der Waals surface area contributed by atoms with Crippen LogP contribution in [0, 0.1) is 12.3 Å². The van der Waals surface area contributed by atoms with Crippen molar-refractivity contribution in [3.63, 3.8) is 0 Å². The minimum atomic E-state index is -0.112. The molecule has 2 fully saturated rings. The Morgan fingerprint density at radius 3 is 3.25 bits per heavy atom. The summed E-state index contributed by atoms with van der Waals surface area (Å²) in [6.45, 7) is 8.94. The van der Waals surface area contributed by atoms with Crippen molar-refractivity contribution in [3.8, 4) is 0 Å². The maximum Gasteiger partial charge on any atom is 0.272 e. The summed E-state index contributed by atoms with van der Waals surface area (Å²) in [6, 6.07) is 5.58. The predicted octanol–water partition coefficient (Wildman–Crippen LogP) is 2.60. The number of rotatable bonds is 5. The number of aryl methyl sites for hydroxylation is 1. The smallest absolute Gasteiger partial charge is 0.272 e. The third kappa shape index (κ3) is 3.52. The van der Waals surface area contributed by atoms with Gasteiger partial charge in [0, 0.05) is 30.8 Å². The molecule has 3 rings (SSSR count). The highest BCUT2D eigenvalue weighted by molar-refractivity contribution is 5.92. The van der Waals surface area contributed by atoms with Crippen LogP contribution in [0.25, 0.3) is 0 Å². The van der Waals surface area contributed by atoms with Crippen LogP contribution in [0.1, 0.15) is 35.4 Å². The predicted molar refractivity (Wildman–Crippen MR) is 91.9 cm³/mol. The Morgan fingerprint density at radius 2 is 2.46 bits per heavy atom. The van der Waals surface area contributed by atoms with Crippen LogP contribution in [0.3, 0.4) is 0 Å². The van der Waals surface area contributed by atoms with Crippen LogP contribution >= 0.6 is 0 Å². The first-order chi connectivity index (χ1) is 11.6. The van der Waals surface area contributed by atoms with Gasteiger partial charge in [0.05, 0.1) is 19.3 Å². The lowest BCUT2D eigenvalue weighted by Crippen LogP contribution is -2.58. The minimum absolute atomic E-state index is 0.00539. The van der Waals surface area contributed by atoms with Crippen LogP contribution < -0.4 is 0 Å². The molecule has 130 valence electrons. The van der Waals surface area contributed by atoms with Gasteiger partial charge < -0.3 is 14.4 Å². The van der Waals surface area contributed by atoms with Gasteiger partial charge in [-0.15, -0.1) is 6.58 Å². The first-order valence-electron chi connectivity index (χ1n) is 8.68. The Morgan fingerprint density at radius 1 is 1.58 bits per heavy atom. The van der Waals surface area contributed by atoms with Crippen molar-refractivity contribution in [1.29, 1.82) is 0 Å². The van der Waals surface area contributed by atoms with Crippen LogP contribution in [0.5, 0.6) is 0 Å². The number of pyridine rings is 1. The molecule has 0 bridgehead atoms. The number of fused-ring (bicyclic) bond motifs is 1. The molecular formula is C19H26N2O3. The highest BCUT2D eigenvalue weighted by atomic mass is 16.5. The fraction of sp³-hybridized carbons (Fsp3) is 0.579. The molecule has 0 aromatic carbocycles. The normalized spacial score (nSPS) is 26.7. The summed E-state index contributed by atoms with van der Waals surface area (Å²) in [5.41, 5.74) is 1.27. The zero-order valence-electron chi connectivity index (χ0n) is 14.4. The summed E-state index contributed by atoms with van der Waals surface area (Å²) in [5, 5.41) is 0. The summed E-state index contributed by atoms with van der Waals surface area (Å²) in [4.78, 5) is 19.2. The quantitative estimate of drug-likeness (QED) is 0.615. The van der Waals surface area contributed by atoms with Gasteiger partial charge >= 0.3 is 0 Å². The highest BCUT2D eigenvalue weighted by Gasteiger charge is 2.47. The first-order valence-corrected chi connectivity index (χ1v) is 8.68. The second-order valence-corrected chi connectivity index (χ2v) is 6.81. The Kier molecular flexibility index (Phi) is 5.31. The van der Waals surface area contributed by atoms with Crippen LogP contribution in [0.4, 0.5) is 0 Å². The standard InChI is InChI=1S/C19H26N2O3/c1-3-11-23-14-19-9-5-12-24-17(19)8-10-21(13-19)18(22)16-7-4-6-15(2)20-16/h3-4,6-7,17H,1,5,8-14H2,2H3. The molecule has 2 unspecified atom stereocenters. The van der Waals surface area contributed by atoms with Gasteiger partial charge in [-0.3, -0.25) is 4.79 Å². The largest absolute Gasteiger partial charge is 0.377 e. The van der Waals surface area contributed by atoms with E-state index in [9.17, 15) is 4.79 Å². The molecule has 2 aliphatic rings. The summed E-state index contributed by atoms with van der Waals surface area (Å²) in [7, 11) is 0. The molecule has 3 heterocycles. The second kappa shape index (κ2) is 7.45. The third-order valence-corrected chi connectivity index (χ3v) is 5.01. The molecule has 0 aliphatic carbocycles. The van der Waals surface area contributed by atoms with Crippen molar-refractivity contribution in [2.75, 3.05) is 32.9 Å². The molecule has 0 saturated carbocycles. The van der Waals surface area contributed by atoms with Gasteiger partial charge in [0.25, 0.3) is 5.91 Å². The molecule has 5 heteroatoms. The zero-order valence-corrected chi connectivity index (χ0v) is 14.4. The second-order valence-electron chi connectivity index (χ2n) is 6.81. The molecule has 0 spiro atoms. The number of piperidine rings is 1. The molecule has 1 aromatic heterocycles. The number of nitrogens with zero attached hydrogens (tertiary/aromatic N) is 2. The number of hydrogen-bond donors (Lipinski definition) is 0. The number of ether oxygens (including phenoxy) is 2. The summed E-state index contributed by atoms with van der Waals surface area (Å²) in [6.07, 6.45) is 4.83. The monoisotopic (exact) mass is 330 g/mol. The van der Waals surface area contributed by atoms with Gasteiger partial charge in [0.1, 0.15) is 5.69 Å². The van der Waals surface area contributed by atoms with Crippen molar-refractivity contribution in [2.24, 2.45) is 5.41 Å². The van der Waals surface area contributed by atoms with Gasteiger partial charge in [-0.2, -0.15) is 0 Å². The molecule has 0 radical (unpaired) electrons. The molecule has 24 heavy (non-hydrogen) atoms. The summed E-state index contributed by atoms with van der Waals surface area (Å²) < 4.78 is 11.8. The minimum Gasteiger partial charge on any atom is -0.377 e. The van der Waals surface area contributed by atoms with Crippen LogP contribution in [-0.4, -0.2) is 54.8 Å². The molecule has 2 saturated heterocycles. The fourth-order valence-electron chi connectivity index (χ4n) is 3.84. The first kappa shape index (κ1) is 17.1. The average Bonchev–Trinajstić information content (AvgIpc) is 2.61. The third-order valence-electron chi connectivity index (χ3n) is 5.01. The van der Waals surface area contributed by atoms with Crippen molar-refractivity contribution in [2.45, 2.75) is 32.3 Å². The zero-order chi connectivity index (χ0) is 17.0. The van der Waals surface area contributed by atoms with E-state index in [4.69, 9.17) is 9.47 Å². The number of carbonyl (C=O) groups excluding carboxylic acids is 1. The maximum absolute atomic E-state index is 12.9. The molecular weight excluding hydrogens is 304 g/mol. The lowest BCUT2D eigenvalue weighted by molar-refractivity contribution is -0.144. The van der Waals surface area contributed by atoms with E-state index in [0.717, 1.165) is 31.6 Å². The Hall–Kier alpha value is -1.72.